The van der Waals surface area contributed by atoms with E-state index in [2.05, 4.69) is 5.32 Å². The fraction of sp³-hybridized carbons (Fsp3) is 0.188. The molecule has 0 spiro atoms. The van der Waals surface area contributed by atoms with Gasteiger partial charge in [0.2, 0.25) is 0 Å². The molecule has 0 fully saturated rings. The highest BCUT2D eigenvalue weighted by Gasteiger charge is 2.02. The molecular formula is C16H18N2O2. The maximum absolute atomic E-state index is 11.5. The Hall–Kier alpha value is -2.49. The van der Waals surface area contributed by atoms with Crippen LogP contribution in [0.5, 0.6) is 0 Å². The van der Waals surface area contributed by atoms with Crippen LogP contribution in [0.4, 0.5) is 10.5 Å². The minimum Gasteiger partial charge on any atom is -0.445 e. The van der Waals surface area contributed by atoms with E-state index < -0.39 is 6.09 Å². The maximum Gasteiger partial charge on any atom is 0.407 e. The van der Waals surface area contributed by atoms with Crippen LogP contribution in [0.2, 0.25) is 0 Å². The number of hydrogen-bond acceptors (Lipinski definition) is 3. The second-order valence-electron chi connectivity index (χ2n) is 4.48. The highest BCUT2D eigenvalue weighted by molar-refractivity contribution is 5.67. The Morgan fingerprint density at radius 3 is 2.40 bits per heavy atom. The van der Waals surface area contributed by atoms with Gasteiger partial charge in [0.15, 0.2) is 0 Å². The molecule has 4 heteroatoms. The summed E-state index contributed by atoms with van der Waals surface area (Å²) >= 11 is 0. The van der Waals surface area contributed by atoms with Crippen LogP contribution in [0.15, 0.2) is 54.6 Å². The van der Waals surface area contributed by atoms with Crippen LogP contribution in [0.25, 0.3) is 0 Å². The first-order valence-corrected chi connectivity index (χ1v) is 6.53. The van der Waals surface area contributed by atoms with Gasteiger partial charge in [-0.2, -0.15) is 0 Å². The first-order valence-electron chi connectivity index (χ1n) is 6.53. The highest BCUT2D eigenvalue weighted by atomic mass is 16.5. The topological polar surface area (TPSA) is 64.3 Å². The van der Waals surface area contributed by atoms with Gasteiger partial charge in [0.1, 0.15) is 6.61 Å². The number of rotatable bonds is 5. The van der Waals surface area contributed by atoms with Gasteiger partial charge in [-0.3, -0.25) is 0 Å². The summed E-state index contributed by atoms with van der Waals surface area (Å²) in [5, 5.41) is 2.72. The Kier molecular flexibility index (Phi) is 5.00. The Morgan fingerprint density at radius 1 is 1.00 bits per heavy atom. The predicted molar refractivity (Wildman–Crippen MR) is 79.2 cm³/mol. The summed E-state index contributed by atoms with van der Waals surface area (Å²) < 4.78 is 5.12. The number of amides is 1. The Bertz CT molecular complexity index is 538. The lowest BCUT2D eigenvalue weighted by molar-refractivity contribution is 0.140. The van der Waals surface area contributed by atoms with Crippen LogP contribution in [-0.4, -0.2) is 12.6 Å². The van der Waals surface area contributed by atoms with Crippen LogP contribution in [-0.2, 0) is 17.8 Å². The molecule has 4 nitrogen and oxygen atoms in total. The van der Waals surface area contributed by atoms with E-state index in [1.165, 1.54) is 0 Å². The number of alkyl carbamates (subject to hydrolysis) is 1. The second-order valence-corrected chi connectivity index (χ2v) is 4.48. The summed E-state index contributed by atoms with van der Waals surface area (Å²) in [5.74, 6) is 0. The maximum atomic E-state index is 11.5. The molecule has 0 aliphatic carbocycles. The average Bonchev–Trinajstić information content (AvgIpc) is 2.48. The van der Waals surface area contributed by atoms with Crippen molar-refractivity contribution in [3.05, 3.63) is 65.7 Å². The fourth-order valence-electron chi connectivity index (χ4n) is 1.77. The molecule has 0 atom stereocenters. The third-order valence-corrected chi connectivity index (χ3v) is 2.88. The van der Waals surface area contributed by atoms with Gasteiger partial charge in [-0.15, -0.1) is 0 Å². The van der Waals surface area contributed by atoms with Gasteiger partial charge >= 0.3 is 6.09 Å². The number of nitrogen functional groups attached to an aromatic ring is 1. The summed E-state index contributed by atoms with van der Waals surface area (Å²) in [5.41, 5.74) is 8.45. The highest BCUT2D eigenvalue weighted by Crippen LogP contribution is 2.05. The number of nitrogens with two attached hydrogens (primary N) is 1. The molecule has 0 heterocycles. The minimum absolute atomic E-state index is 0.286. The molecule has 1 amide bonds. The number of carbonyl (C=O) groups excluding carboxylic acids is 1. The van der Waals surface area contributed by atoms with Gasteiger partial charge in [-0.1, -0.05) is 42.5 Å². The van der Waals surface area contributed by atoms with E-state index in [0.717, 1.165) is 23.2 Å². The van der Waals surface area contributed by atoms with Gasteiger partial charge in [-0.05, 0) is 29.7 Å². The molecule has 0 radical (unpaired) electrons. The van der Waals surface area contributed by atoms with Crippen LogP contribution in [0, 0.1) is 0 Å². The summed E-state index contributed by atoms with van der Waals surface area (Å²) in [7, 11) is 0. The third kappa shape index (κ3) is 4.65. The Labute approximate surface area is 118 Å². The summed E-state index contributed by atoms with van der Waals surface area (Å²) in [6.45, 7) is 0.825. The molecule has 2 rings (SSSR count). The van der Waals surface area contributed by atoms with E-state index in [1.54, 1.807) is 0 Å². The Morgan fingerprint density at radius 2 is 1.70 bits per heavy atom. The van der Waals surface area contributed by atoms with Crippen molar-refractivity contribution < 1.29 is 9.53 Å². The fourth-order valence-corrected chi connectivity index (χ4v) is 1.77. The molecule has 0 unspecified atom stereocenters. The molecule has 0 bridgehead atoms. The van der Waals surface area contributed by atoms with E-state index >= 15 is 0 Å². The molecule has 0 aromatic heterocycles. The number of anilines is 1. The van der Waals surface area contributed by atoms with Crippen molar-refractivity contribution in [2.45, 2.75) is 13.0 Å². The van der Waals surface area contributed by atoms with Crippen LogP contribution in [0.1, 0.15) is 11.1 Å². The van der Waals surface area contributed by atoms with Gasteiger partial charge in [0, 0.05) is 12.2 Å². The molecule has 0 saturated carbocycles. The number of benzene rings is 2. The molecular weight excluding hydrogens is 252 g/mol. The lowest BCUT2D eigenvalue weighted by Crippen LogP contribution is -2.26. The zero-order valence-corrected chi connectivity index (χ0v) is 11.2. The zero-order valence-electron chi connectivity index (χ0n) is 11.2. The minimum atomic E-state index is -0.399. The molecule has 0 saturated heterocycles. The van der Waals surface area contributed by atoms with Crippen LogP contribution >= 0.6 is 0 Å². The molecule has 20 heavy (non-hydrogen) atoms. The summed E-state index contributed by atoms with van der Waals surface area (Å²) in [6, 6.07) is 17.2. The van der Waals surface area contributed by atoms with Crippen molar-refractivity contribution in [3.8, 4) is 0 Å². The normalized spacial score (nSPS) is 10.0. The van der Waals surface area contributed by atoms with E-state index in [1.807, 2.05) is 54.6 Å². The number of nitrogens with one attached hydrogen (secondary N) is 1. The molecule has 104 valence electrons. The lowest BCUT2D eigenvalue weighted by atomic mass is 10.1. The molecule has 0 aliphatic rings. The average molecular weight is 270 g/mol. The lowest BCUT2D eigenvalue weighted by Gasteiger charge is -2.07. The molecule has 2 aromatic carbocycles. The van der Waals surface area contributed by atoms with Crippen molar-refractivity contribution in [2.24, 2.45) is 0 Å². The Balaban J connectivity index is 1.66. The first kappa shape index (κ1) is 13.9. The van der Waals surface area contributed by atoms with E-state index in [0.29, 0.717) is 6.54 Å². The third-order valence-electron chi connectivity index (χ3n) is 2.88. The SMILES string of the molecule is Nc1ccc(CCNC(=O)OCc2ccccc2)cc1. The second kappa shape index (κ2) is 7.19. The zero-order chi connectivity index (χ0) is 14.2. The monoisotopic (exact) mass is 270 g/mol. The van der Waals surface area contributed by atoms with Gasteiger partial charge in [-0.25, -0.2) is 4.79 Å². The van der Waals surface area contributed by atoms with Gasteiger partial charge < -0.3 is 15.8 Å². The van der Waals surface area contributed by atoms with E-state index in [4.69, 9.17) is 10.5 Å². The van der Waals surface area contributed by atoms with Gasteiger partial charge in [0.25, 0.3) is 0 Å². The van der Waals surface area contributed by atoms with Crippen molar-refractivity contribution >= 4 is 11.8 Å². The van der Waals surface area contributed by atoms with Crippen molar-refractivity contribution in [3.63, 3.8) is 0 Å². The first-order chi connectivity index (χ1) is 9.74. The smallest absolute Gasteiger partial charge is 0.407 e. The number of hydrogen-bond donors (Lipinski definition) is 2. The van der Waals surface area contributed by atoms with Crippen molar-refractivity contribution in [1.82, 2.24) is 5.32 Å². The van der Waals surface area contributed by atoms with Gasteiger partial charge in [0.05, 0.1) is 0 Å². The summed E-state index contributed by atoms with van der Waals surface area (Å²) in [4.78, 5) is 11.5. The van der Waals surface area contributed by atoms with Crippen LogP contribution < -0.4 is 11.1 Å². The van der Waals surface area contributed by atoms with E-state index in [-0.39, 0.29) is 6.61 Å². The number of carbonyl (C=O) groups is 1. The van der Waals surface area contributed by atoms with E-state index in [9.17, 15) is 4.79 Å². The molecule has 2 aromatic rings. The predicted octanol–water partition coefficient (Wildman–Crippen LogP) is 2.74. The van der Waals surface area contributed by atoms with Crippen molar-refractivity contribution in [2.75, 3.05) is 12.3 Å². The quantitative estimate of drug-likeness (QED) is 0.821. The molecule has 3 N–H and O–H groups in total. The van der Waals surface area contributed by atoms with Crippen molar-refractivity contribution in [1.29, 1.82) is 0 Å². The molecule has 0 aliphatic heterocycles. The largest absolute Gasteiger partial charge is 0.445 e. The number of ether oxygens (including phenoxy) is 1. The standard InChI is InChI=1S/C16H18N2O2/c17-15-8-6-13(7-9-15)10-11-18-16(19)20-12-14-4-2-1-3-5-14/h1-9H,10-12,17H2,(H,18,19). The summed E-state index contributed by atoms with van der Waals surface area (Å²) in [6.07, 6.45) is 0.352. The van der Waals surface area contributed by atoms with Crippen LogP contribution in [0.3, 0.4) is 0 Å².